The van der Waals surface area contributed by atoms with Crippen molar-refractivity contribution in [2.45, 2.75) is 41.5 Å². The van der Waals surface area contributed by atoms with Crippen LogP contribution in [0.15, 0.2) is 22.0 Å². The van der Waals surface area contributed by atoms with Crippen molar-refractivity contribution in [2.24, 2.45) is 16.7 Å². The Kier molecular flexibility index (Phi) is 3.96. The molecule has 0 amide bonds. The highest BCUT2D eigenvalue weighted by molar-refractivity contribution is 8.06. The van der Waals surface area contributed by atoms with E-state index in [4.69, 9.17) is 0 Å². The second-order valence-corrected chi connectivity index (χ2v) is 7.59. The molecule has 0 saturated carbocycles. The average Bonchev–Trinajstić information content (AvgIpc) is 2.14. The summed E-state index contributed by atoms with van der Waals surface area (Å²) in [5.41, 5.74) is 0.339. The maximum absolute atomic E-state index is 9.36. The molecule has 92 valence electrons. The highest BCUT2D eigenvalue weighted by Gasteiger charge is 2.28. The topological polar surface area (TPSA) is 20.2 Å². The van der Waals surface area contributed by atoms with Gasteiger partial charge < -0.3 is 5.11 Å². The number of allylic oxidation sites excluding steroid dienone is 2. The van der Waals surface area contributed by atoms with Crippen LogP contribution in [0.3, 0.4) is 0 Å². The Morgan fingerprint density at radius 1 is 1.00 bits per heavy atom. The van der Waals surface area contributed by atoms with Gasteiger partial charge in [-0.1, -0.05) is 65.5 Å². The minimum atomic E-state index is 0.169. The lowest BCUT2D eigenvalue weighted by Crippen LogP contribution is -2.18. The van der Waals surface area contributed by atoms with Crippen molar-refractivity contribution in [1.29, 1.82) is 0 Å². The number of aliphatic hydroxyl groups excluding tert-OH is 1. The molecule has 0 unspecified atom stereocenters. The Bertz CT molecular complexity index is 283. The van der Waals surface area contributed by atoms with Crippen molar-refractivity contribution in [3.8, 4) is 0 Å². The average molecular weight is 240 g/mol. The maximum Gasteiger partial charge on any atom is 0.0529 e. The van der Waals surface area contributed by atoms with Gasteiger partial charge in [-0.15, -0.1) is 0 Å². The zero-order valence-corrected chi connectivity index (χ0v) is 12.1. The molecule has 0 aromatic carbocycles. The fraction of sp³-hybridized carbons (Fsp3) is 0.714. The Labute approximate surface area is 104 Å². The smallest absolute Gasteiger partial charge is 0.0529 e. The first-order chi connectivity index (χ1) is 7.14. The third-order valence-electron chi connectivity index (χ3n) is 2.64. The highest BCUT2D eigenvalue weighted by Crippen LogP contribution is 2.48. The fourth-order valence-corrected chi connectivity index (χ4v) is 2.87. The van der Waals surface area contributed by atoms with Crippen molar-refractivity contribution in [1.82, 2.24) is 0 Å². The molecule has 0 aliphatic carbocycles. The number of aliphatic hydroxyl groups is 1. The van der Waals surface area contributed by atoms with Crippen molar-refractivity contribution in [3.05, 3.63) is 22.0 Å². The first kappa shape index (κ1) is 13.9. The van der Waals surface area contributed by atoms with Crippen LogP contribution < -0.4 is 0 Å². The molecule has 0 radical (unpaired) electrons. The van der Waals surface area contributed by atoms with Crippen LogP contribution >= 0.6 is 11.8 Å². The Morgan fingerprint density at radius 2 is 1.38 bits per heavy atom. The lowest BCUT2D eigenvalue weighted by Gasteiger charge is -2.33. The van der Waals surface area contributed by atoms with Crippen LogP contribution in [0.1, 0.15) is 41.5 Å². The summed E-state index contributed by atoms with van der Waals surface area (Å²) < 4.78 is 0. The van der Waals surface area contributed by atoms with Crippen molar-refractivity contribution in [2.75, 3.05) is 6.61 Å². The standard InChI is InChI=1S/C14H24OS/c1-13(2,3)11-7-10(9-15)8-12(16-11)14(4,5)6/h7-8,10,15H,9H2,1-6H3. The molecule has 0 aromatic rings. The molecule has 0 saturated heterocycles. The van der Waals surface area contributed by atoms with Crippen molar-refractivity contribution < 1.29 is 5.11 Å². The van der Waals surface area contributed by atoms with Gasteiger partial charge in [-0.2, -0.15) is 0 Å². The molecule has 1 rings (SSSR count). The van der Waals surface area contributed by atoms with E-state index in [0.29, 0.717) is 0 Å². The van der Waals surface area contributed by atoms with E-state index in [2.05, 4.69) is 53.7 Å². The van der Waals surface area contributed by atoms with Gasteiger partial charge in [0, 0.05) is 5.92 Å². The van der Waals surface area contributed by atoms with E-state index in [0.717, 1.165) is 0 Å². The summed E-state index contributed by atoms with van der Waals surface area (Å²) in [6.45, 7) is 13.6. The van der Waals surface area contributed by atoms with Gasteiger partial charge in [-0.25, -0.2) is 0 Å². The largest absolute Gasteiger partial charge is 0.395 e. The SMILES string of the molecule is CC(C)(C)C1=CC(CO)C=C(C(C)(C)C)S1. The molecule has 0 spiro atoms. The third kappa shape index (κ3) is 3.39. The van der Waals surface area contributed by atoms with Crippen LogP contribution in [-0.4, -0.2) is 11.7 Å². The molecule has 1 aliphatic heterocycles. The Balaban J connectivity index is 3.00. The van der Waals surface area contributed by atoms with Gasteiger partial charge in [-0.05, 0) is 20.6 Å². The van der Waals surface area contributed by atoms with Crippen molar-refractivity contribution in [3.63, 3.8) is 0 Å². The molecule has 0 aromatic heterocycles. The predicted octanol–water partition coefficient (Wildman–Crippen LogP) is 4.20. The molecule has 2 heteroatoms. The van der Waals surface area contributed by atoms with Gasteiger partial charge in [0.1, 0.15) is 0 Å². The zero-order valence-electron chi connectivity index (χ0n) is 11.3. The number of thioether (sulfide) groups is 1. The van der Waals surface area contributed by atoms with Gasteiger partial charge in [0.05, 0.1) is 6.61 Å². The number of hydrogen-bond donors (Lipinski definition) is 1. The molecule has 0 fully saturated rings. The van der Waals surface area contributed by atoms with E-state index >= 15 is 0 Å². The van der Waals surface area contributed by atoms with Gasteiger partial charge in [0.25, 0.3) is 0 Å². The second kappa shape index (κ2) is 4.58. The van der Waals surface area contributed by atoms with E-state index in [1.807, 2.05) is 11.8 Å². The minimum absolute atomic E-state index is 0.169. The summed E-state index contributed by atoms with van der Waals surface area (Å²) in [6.07, 6.45) is 4.42. The fourth-order valence-electron chi connectivity index (χ4n) is 1.54. The predicted molar refractivity (Wildman–Crippen MR) is 73.2 cm³/mol. The molecule has 16 heavy (non-hydrogen) atoms. The lowest BCUT2D eigenvalue weighted by molar-refractivity contribution is 0.271. The van der Waals surface area contributed by atoms with E-state index in [1.54, 1.807) is 0 Å². The van der Waals surface area contributed by atoms with Gasteiger partial charge >= 0.3 is 0 Å². The molecule has 0 atom stereocenters. The van der Waals surface area contributed by atoms with E-state index < -0.39 is 0 Å². The summed E-state index contributed by atoms with van der Waals surface area (Å²) in [6, 6.07) is 0. The number of hydrogen-bond acceptors (Lipinski definition) is 2. The van der Waals surface area contributed by atoms with Crippen molar-refractivity contribution >= 4 is 11.8 Å². The normalized spacial score (nSPS) is 19.4. The summed E-state index contributed by atoms with van der Waals surface area (Å²) in [5.74, 6) is 0.185. The summed E-state index contributed by atoms with van der Waals surface area (Å²) >= 11 is 1.88. The summed E-state index contributed by atoms with van der Waals surface area (Å²) in [4.78, 5) is 2.75. The van der Waals surface area contributed by atoms with Gasteiger partial charge in [0.2, 0.25) is 0 Å². The maximum atomic E-state index is 9.36. The van der Waals surface area contributed by atoms with Crippen LogP contribution in [0, 0.1) is 16.7 Å². The van der Waals surface area contributed by atoms with Gasteiger partial charge in [-0.3, -0.25) is 0 Å². The zero-order chi connectivity index (χ0) is 12.6. The second-order valence-electron chi connectivity index (χ2n) is 6.51. The number of rotatable bonds is 1. The monoisotopic (exact) mass is 240 g/mol. The first-order valence-corrected chi connectivity index (χ1v) is 6.69. The van der Waals surface area contributed by atoms with Crippen LogP contribution in [-0.2, 0) is 0 Å². The van der Waals surface area contributed by atoms with E-state index in [-0.39, 0.29) is 23.4 Å². The molecular weight excluding hydrogens is 216 g/mol. The van der Waals surface area contributed by atoms with E-state index in [1.165, 1.54) is 9.81 Å². The quantitative estimate of drug-likeness (QED) is 0.741. The Morgan fingerprint density at radius 3 is 1.62 bits per heavy atom. The summed E-state index contributed by atoms with van der Waals surface area (Å²) in [7, 11) is 0. The van der Waals surface area contributed by atoms with Crippen LogP contribution in [0.2, 0.25) is 0 Å². The van der Waals surface area contributed by atoms with Gasteiger partial charge in [0.15, 0.2) is 0 Å². The molecule has 0 bridgehead atoms. The third-order valence-corrected chi connectivity index (χ3v) is 4.58. The molecular formula is C14H24OS. The summed E-state index contributed by atoms with van der Waals surface area (Å²) in [5, 5.41) is 9.36. The van der Waals surface area contributed by atoms with Crippen LogP contribution in [0.25, 0.3) is 0 Å². The molecule has 1 nitrogen and oxygen atoms in total. The highest BCUT2D eigenvalue weighted by atomic mass is 32.2. The molecule has 1 aliphatic rings. The minimum Gasteiger partial charge on any atom is -0.395 e. The Hall–Kier alpha value is -0.210. The lowest BCUT2D eigenvalue weighted by atomic mass is 9.90. The molecule has 1 heterocycles. The van der Waals surface area contributed by atoms with Crippen LogP contribution in [0.4, 0.5) is 0 Å². The molecule has 1 N–H and O–H groups in total. The van der Waals surface area contributed by atoms with Crippen LogP contribution in [0.5, 0.6) is 0 Å². The van der Waals surface area contributed by atoms with E-state index in [9.17, 15) is 5.11 Å². The first-order valence-electron chi connectivity index (χ1n) is 5.88.